The van der Waals surface area contributed by atoms with Crippen LogP contribution in [0.3, 0.4) is 0 Å². The number of pyridine rings is 1. The van der Waals surface area contributed by atoms with Crippen molar-refractivity contribution in [1.29, 1.82) is 0 Å². The lowest BCUT2D eigenvalue weighted by Crippen LogP contribution is -2.29. The second kappa shape index (κ2) is 6.46. The summed E-state index contributed by atoms with van der Waals surface area (Å²) in [5, 5.41) is 18.7. The van der Waals surface area contributed by atoms with E-state index in [0.29, 0.717) is 11.6 Å². The van der Waals surface area contributed by atoms with Gasteiger partial charge in [-0.05, 0) is 26.8 Å². The fourth-order valence-electron chi connectivity index (χ4n) is 2.57. The van der Waals surface area contributed by atoms with E-state index < -0.39 is 11.9 Å². The van der Waals surface area contributed by atoms with Crippen molar-refractivity contribution in [2.45, 2.75) is 38.7 Å². The maximum atomic E-state index is 10.3. The summed E-state index contributed by atoms with van der Waals surface area (Å²) >= 11 is 0. The Morgan fingerprint density at radius 2 is 2.04 bits per heavy atom. The number of ether oxygens (including phenoxy) is 3. The molecule has 3 heterocycles. The Morgan fingerprint density at radius 3 is 2.75 bits per heavy atom. The molecule has 24 heavy (non-hydrogen) atoms. The van der Waals surface area contributed by atoms with Crippen molar-refractivity contribution in [3.8, 4) is 17.1 Å². The van der Waals surface area contributed by atoms with Crippen LogP contribution in [0.4, 0.5) is 0 Å². The van der Waals surface area contributed by atoms with Crippen molar-refractivity contribution in [2.24, 2.45) is 0 Å². The highest BCUT2D eigenvalue weighted by Gasteiger charge is 2.33. The van der Waals surface area contributed by atoms with Gasteiger partial charge in [0.25, 0.3) is 0 Å². The Bertz CT molecular complexity index is 716. The zero-order valence-electron chi connectivity index (χ0n) is 14.3. The summed E-state index contributed by atoms with van der Waals surface area (Å²) in [4.78, 5) is 4.35. The van der Waals surface area contributed by atoms with Crippen molar-refractivity contribution in [2.75, 3.05) is 20.3 Å². The van der Waals surface area contributed by atoms with Crippen LogP contribution in [0.25, 0.3) is 11.3 Å². The quantitative estimate of drug-likeness (QED) is 0.905. The average Bonchev–Trinajstić information content (AvgIpc) is 2.97. The van der Waals surface area contributed by atoms with Gasteiger partial charge in [-0.3, -0.25) is 0 Å². The van der Waals surface area contributed by atoms with Gasteiger partial charge < -0.3 is 19.3 Å². The molecule has 1 N–H and O–H groups in total. The first-order valence-electron chi connectivity index (χ1n) is 7.79. The summed E-state index contributed by atoms with van der Waals surface area (Å²) in [7, 11) is 1.58. The van der Waals surface area contributed by atoms with Gasteiger partial charge in [-0.25, -0.2) is 9.67 Å². The van der Waals surface area contributed by atoms with Crippen LogP contribution in [0, 0.1) is 6.92 Å². The molecular formula is C16H22N4O4. The molecule has 1 saturated heterocycles. The third-order valence-corrected chi connectivity index (χ3v) is 4.04. The number of rotatable bonds is 3. The van der Waals surface area contributed by atoms with E-state index in [1.165, 1.54) is 0 Å². The van der Waals surface area contributed by atoms with Crippen molar-refractivity contribution >= 4 is 0 Å². The Labute approximate surface area is 140 Å². The Hall–Kier alpha value is -2.03. The van der Waals surface area contributed by atoms with Gasteiger partial charge in [0.15, 0.2) is 5.79 Å². The lowest BCUT2D eigenvalue weighted by atomic mass is 10.1. The number of hydrogen-bond acceptors (Lipinski definition) is 7. The van der Waals surface area contributed by atoms with Crippen molar-refractivity contribution < 1.29 is 19.3 Å². The molecule has 2 atom stereocenters. The average molecular weight is 334 g/mol. The Morgan fingerprint density at radius 1 is 1.29 bits per heavy atom. The maximum absolute atomic E-state index is 10.3. The van der Waals surface area contributed by atoms with Crippen molar-refractivity contribution in [1.82, 2.24) is 20.0 Å². The molecule has 130 valence electrons. The molecule has 0 aliphatic carbocycles. The highest BCUT2D eigenvalue weighted by molar-refractivity contribution is 5.60. The van der Waals surface area contributed by atoms with E-state index in [0.717, 1.165) is 11.3 Å². The van der Waals surface area contributed by atoms with Crippen molar-refractivity contribution in [3.05, 3.63) is 24.0 Å². The first-order valence-corrected chi connectivity index (χ1v) is 7.79. The van der Waals surface area contributed by atoms with E-state index in [1.807, 2.05) is 26.8 Å². The zero-order chi connectivity index (χ0) is 17.3. The highest BCUT2D eigenvalue weighted by Crippen LogP contribution is 2.26. The molecule has 3 rings (SSSR count). The third kappa shape index (κ3) is 3.40. The molecule has 8 nitrogen and oxygen atoms in total. The van der Waals surface area contributed by atoms with Crippen LogP contribution < -0.4 is 4.74 Å². The molecule has 0 unspecified atom stereocenters. The van der Waals surface area contributed by atoms with Crippen LogP contribution in [0.15, 0.2) is 18.3 Å². The molecule has 0 bridgehead atoms. The second-order valence-corrected chi connectivity index (χ2v) is 6.23. The smallest absolute Gasteiger partial charge is 0.213 e. The zero-order valence-corrected chi connectivity index (χ0v) is 14.3. The largest absolute Gasteiger partial charge is 0.481 e. The number of aryl methyl sites for hydroxylation is 1. The molecule has 1 fully saturated rings. The van der Waals surface area contributed by atoms with Gasteiger partial charge in [-0.15, -0.1) is 5.10 Å². The summed E-state index contributed by atoms with van der Waals surface area (Å²) in [6.45, 7) is 5.99. The number of nitrogens with zero attached hydrogens (tertiary/aromatic N) is 4. The lowest BCUT2D eigenvalue weighted by molar-refractivity contribution is -0.204. The van der Waals surface area contributed by atoms with Gasteiger partial charge in [0.05, 0.1) is 32.2 Å². The molecule has 0 saturated carbocycles. The molecule has 0 aromatic carbocycles. The van der Waals surface area contributed by atoms with E-state index in [9.17, 15) is 5.11 Å². The highest BCUT2D eigenvalue weighted by atomic mass is 16.7. The van der Waals surface area contributed by atoms with Crippen LogP contribution >= 0.6 is 0 Å². The van der Waals surface area contributed by atoms with Gasteiger partial charge in [0.1, 0.15) is 17.8 Å². The molecule has 8 heteroatoms. The minimum Gasteiger partial charge on any atom is -0.481 e. The fourth-order valence-corrected chi connectivity index (χ4v) is 2.57. The first kappa shape index (κ1) is 16.8. The molecule has 0 radical (unpaired) electrons. The minimum absolute atomic E-state index is 0.177. The number of aliphatic hydroxyl groups is 1. The Balaban J connectivity index is 1.85. The number of aliphatic hydroxyl groups excluding tert-OH is 1. The normalized spacial score (nSPS) is 23.7. The van der Waals surface area contributed by atoms with Gasteiger partial charge in [-0.1, -0.05) is 5.21 Å². The van der Waals surface area contributed by atoms with E-state index in [4.69, 9.17) is 14.2 Å². The van der Waals surface area contributed by atoms with Crippen LogP contribution in [0.5, 0.6) is 5.88 Å². The number of methoxy groups -OCH3 is 1. The van der Waals surface area contributed by atoms with E-state index >= 15 is 0 Å². The summed E-state index contributed by atoms with van der Waals surface area (Å²) in [6, 6.07) is 3.31. The second-order valence-electron chi connectivity index (χ2n) is 6.23. The standard InChI is InChI=1S/C16H22N4O4/c1-10-11(5-6-15(17-10)22-4)12-7-20(19-18-12)13-8-23-16(2,3)24-9-14(13)21/h5-7,13-14,21H,8-9H2,1-4H3/t13-,14-/m1/s1. The summed E-state index contributed by atoms with van der Waals surface area (Å²) in [5.74, 6) is -0.175. The molecule has 0 amide bonds. The minimum atomic E-state index is -0.727. The molecule has 1 aliphatic rings. The third-order valence-electron chi connectivity index (χ3n) is 4.04. The molecular weight excluding hydrogens is 312 g/mol. The van der Waals surface area contributed by atoms with Gasteiger partial charge in [0.2, 0.25) is 5.88 Å². The molecule has 2 aromatic heterocycles. The van der Waals surface area contributed by atoms with Crippen LogP contribution in [0.1, 0.15) is 25.6 Å². The first-order chi connectivity index (χ1) is 11.4. The van der Waals surface area contributed by atoms with Crippen LogP contribution in [0.2, 0.25) is 0 Å². The van der Waals surface area contributed by atoms with Gasteiger partial charge in [-0.2, -0.15) is 0 Å². The number of hydrogen-bond donors (Lipinski definition) is 1. The van der Waals surface area contributed by atoms with Gasteiger partial charge >= 0.3 is 0 Å². The SMILES string of the molecule is COc1ccc(-c2cn([C@@H]3COC(C)(C)OC[C@H]3O)nn2)c(C)n1. The number of aromatic nitrogens is 4. The van der Waals surface area contributed by atoms with E-state index in [-0.39, 0.29) is 19.3 Å². The van der Waals surface area contributed by atoms with E-state index in [1.54, 1.807) is 24.1 Å². The maximum Gasteiger partial charge on any atom is 0.213 e. The van der Waals surface area contributed by atoms with Crippen LogP contribution in [-0.2, 0) is 9.47 Å². The monoisotopic (exact) mass is 334 g/mol. The predicted octanol–water partition coefficient (Wildman–Crippen LogP) is 1.34. The fraction of sp³-hybridized carbons (Fsp3) is 0.562. The Kier molecular flexibility index (Phi) is 4.53. The predicted molar refractivity (Wildman–Crippen MR) is 85.6 cm³/mol. The summed E-state index contributed by atoms with van der Waals surface area (Å²) in [5.41, 5.74) is 2.34. The van der Waals surface area contributed by atoms with Gasteiger partial charge in [0, 0.05) is 11.6 Å². The summed E-state index contributed by atoms with van der Waals surface area (Å²) < 4.78 is 18.0. The molecule has 1 aliphatic heterocycles. The summed E-state index contributed by atoms with van der Waals surface area (Å²) in [6.07, 6.45) is 1.06. The topological polar surface area (TPSA) is 91.5 Å². The molecule has 2 aromatic rings. The van der Waals surface area contributed by atoms with Crippen LogP contribution in [-0.4, -0.2) is 57.3 Å². The van der Waals surface area contributed by atoms with Crippen molar-refractivity contribution in [3.63, 3.8) is 0 Å². The van der Waals surface area contributed by atoms with E-state index in [2.05, 4.69) is 15.3 Å². The lowest BCUT2D eigenvalue weighted by Gasteiger charge is -2.22. The molecule has 0 spiro atoms.